The Bertz CT molecular complexity index is 673. The predicted octanol–water partition coefficient (Wildman–Crippen LogP) is 2.68. The topological polar surface area (TPSA) is 97.1 Å². The number of likely N-dealkylation sites (tertiary alicyclic amines) is 1. The summed E-state index contributed by atoms with van der Waals surface area (Å²) >= 11 is 1.81. The van der Waals surface area contributed by atoms with E-state index < -0.39 is 4.92 Å². The van der Waals surface area contributed by atoms with E-state index >= 15 is 0 Å². The van der Waals surface area contributed by atoms with E-state index in [9.17, 15) is 14.9 Å². The fourth-order valence-corrected chi connectivity index (χ4v) is 3.50. The monoisotopic (exact) mass is 408 g/mol. The van der Waals surface area contributed by atoms with Crippen molar-refractivity contribution in [3.8, 4) is 0 Å². The molecule has 0 radical (unpaired) electrons. The molecule has 0 aromatic heterocycles. The van der Waals surface area contributed by atoms with Crippen molar-refractivity contribution in [2.24, 2.45) is 10.9 Å². The van der Waals surface area contributed by atoms with Gasteiger partial charge in [-0.15, -0.1) is 0 Å². The van der Waals surface area contributed by atoms with E-state index in [4.69, 9.17) is 9.73 Å². The molecule has 2 rings (SSSR count). The third kappa shape index (κ3) is 6.70. The summed E-state index contributed by atoms with van der Waals surface area (Å²) in [5.41, 5.74) is 0.992. The number of nitrogens with zero attached hydrogens (tertiary/aromatic N) is 3. The number of thioether (sulfide) groups is 1. The number of methoxy groups -OCH3 is 1. The van der Waals surface area contributed by atoms with Crippen LogP contribution in [0.25, 0.3) is 0 Å². The third-order valence-electron chi connectivity index (χ3n) is 4.70. The van der Waals surface area contributed by atoms with Crippen molar-refractivity contribution < 1.29 is 14.5 Å². The maximum Gasteiger partial charge on any atom is 0.308 e. The Hall–Kier alpha value is -2.29. The molecule has 0 unspecified atom stereocenters. The van der Waals surface area contributed by atoms with Crippen LogP contribution in [0.4, 0.5) is 5.69 Å². The molecule has 154 valence electrons. The molecule has 1 fully saturated rings. The molecule has 1 aliphatic rings. The average molecular weight is 409 g/mol. The van der Waals surface area contributed by atoms with E-state index in [1.54, 1.807) is 12.1 Å². The van der Waals surface area contributed by atoms with Crippen molar-refractivity contribution in [1.82, 2.24) is 10.2 Å². The fraction of sp³-hybridized carbons (Fsp3) is 0.579. The number of carbonyl (C=O) groups is 1. The lowest BCUT2D eigenvalue weighted by molar-refractivity contribution is -0.384. The minimum Gasteiger partial charge on any atom is -0.469 e. The van der Waals surface area contributed by atoms with Crippen LogP contribution in [-0.2, 0) is 16.1 Å². The number of benzene rings is 1. The van der Waals surface area contributed by atoms with Gasteiger partial charge >= 0.3 is 5.97 Å². The first-order valence-corrected chi connectivity index (χ1v) is 10.8. The predicted molar refractivity (Wildman–Crippen MR) is 112 cm³/mol. The number of nitro benzene ring substituents is 1. The summed E-state index contributed by atoms with van der Waals surface area (Å²) < 4.78 is 4.86. The molecule has 1 heterocycles. The lowest BCUT2D eigenvalue weighted by atomic mass is 9.97. The number of nitrogens with one attached hydrogen (secondary N) is 1. The van der Waals surface area contributed by atoms with Crippen molar-refractivity contribution >= 4 is 29.4 Å². The number of hydrogen-bond acceptors (Lipinski definition) is 6. The zero-order chi connectivity index (χ0) is 20.4. The molecule has 0 amide bonds. The van der Waals surface area contributed by atoms with Gasteiger partial charge < -0.3 is 15.0 Å². The Morgan fingerprint density at radius 3 is 2.61 bits per heavy atom. The summed E-state index contributed by atoms with van der Waals surface area (Å²) in [4.78, 5) is 29.0. The number of esters is 1. The number of nitro groups is 1. The standard InChI is InChI=1S/C19H28N4O4S/c1-27-18(24)16-8-11-22(12-9-16)19(20-10-3-13-28-2)21-14-15-4-6-17(7-5-15)23(25)26/h4-7,16H,3,8-14H2,1-2H3,(H,20,21). The van der Waals surface area contributed by atoms with Crippen LogP contribution in [-0.4, -0.2) is 60.5 Å². The van der Waals surface area contributed by atoms with Crippen LogP contribution in [0.2, 0.25) is 0 Å². The number of non-ortho nitro benzene ring substituents is 1. The molecule has 1 aromatic rings. The van der Waals surface area contributed by atoms with Gasteiger partial charge in [-0.2, -0.15) is 11.8 Å². The molecular formula is C19H28N4O4S. The largest absolute Gasteiger partial charge is 0.469 e. The van der Waals surface area contributed by atoms with Gasteiger partial charge in [0.25, 0.3) is 5.69 Å². The van der Waals surface area contributed by atoms with Crippen molar-refractivity contribution in [3.63, 3.8) is 0 Å². The van der Waals surface area contributed by atoms with E-state index in [1.165, 1.54) is 19.2 Å². The Labute approximate surface area is 169 Å². The second-order valence-electron chi connectivity index (χ2n) is 6.62. The van der Waals surface area contributed by atoms with E-state index in [0.717, 1.165) is 56.2 Å². The SMILES string of the molecule is COC(=O)C1CCN(C(=NCc2ccc([N+](=O)[O-])cc2)NCCCSC)CC1. The number of guanidine groups is 1. The molecule has 0 aliphatic carbocycles. The molecular weight excluding hydrogens is 380 g/mol. The molecule has 1 aromatic carbocycles. The Morgan fingerprint density at radius 2 is 2.04 bits per heavy atom. The quantitative estimate of drug-likeness (QED) is 0.176. The maximum absolute atomic E-state index is 11.7. The average Bonchev–Trinajstić information content (AvgIpc) is 2.73. The second kappa shape index (κ2) is 11.5. The summed E-state index contributed by atoms with van der Waals surface area (Å²) in [7, 11) is 1.43. The lowest BCUT2D eigenvalue weighted by Gasteiger charge is -2.33. The van der Waals surface area contributed by atoms with Gasteiger partial charge in [-0.3, -0.25) is 14.9 Å². The first kappa shape index (κ1) is 22.0. The second-order valence-corrected chi connectivity index (χ2v) is 7.61. The van der Waals surface area contributed by atoms with Crippen molar-refractivity contribution in [2.45, 2.75) is 25.8 Å². The number of carbonyl (C=O) groups excluding carboxylic acids is 1. The summed E-state index contributed by atoms with van der Waals surface area (Å²) in [6.07, 6.45) is 4.61. The van der Waals surface area contributed by atoms with Crippen LogP contribution in [0.5, 0.6) is 0 Å². The van der Waals surface area contributed by atoms with Crippen molar-refractivity contribution in [1.29, 1.82) is 0 Å². The first-order valence-electron chi connectivity index (χ1n) is 9.38. The van der Waals surface area contributed by atoms with Gasteiger partial charge in [0.2, 0.25) is 0 Å². The number of piperidine rings is 1. The maximum atomic E-state index is 11.7. The highest BCUT2D eigenvalue weighted by atomic mass is 32.2. The van der Waals surface area contributed by atoms with Crippen LogP contribution in [0.15, 0.2) is 29.3 Å². The Kier molecular flexibility index (Phi) is 9.06. The smallest absolute Gasteiger partial charge is 0.308 e. The summed E-state index contributed by atoms with van der Waals surface area (Å²) in [6, 6.07) is 6.46. The fourth-order valence-electron chi connectivity index (χ4n) is 3.07. The summed E-state index contributed by atoms with van der Waals surface area (Å²) in [5, 5.41) is 14.2. The van der Waals surface area contributed by atoms with Gasteiger partial charge in [0.05, 0.1) is 24.5 Å². The van der Waals surface area contributed by atoms with Gasteiger partial charge in [-0.1, -0.05) is 12.1 Å². The zero-order valence-electron chi connectivity index (χ0n) is 16.4. The van der Waals surface area contributed by atoms with Crippen molar-refractivity contribution in [3.05, 3.63) is 39.9 Å². The van der Waals surface area contributed by atoms with Gasteiger partial charge in [0.1, 0.15) is 0 Å². The number of ether oxygens (including phenoxy) is 1. The molecule has 8 nitrogen and oxygen atoms in total. The summed E-state index contributed by atoms with van der Waals surface area (Å²) in [5.74, 6) is 1.71. The zero-order valence-corrected chi connectivity index (χ0v) is 17.2. The first-order chi connectivity index (χ1) is 13.5. The van der Waals surface area contributed by atoms with Crippen LogP contribution in [0.3, 0.4) is 0 Å². The lowest BCUT2D eigenvalue weighted by Crippen LogP contribution is -2.47. The van der Waals surface area contributed by atoms with E-state index in [-0.39, 0.29) is 17.6 Å². The van der Waals surface area contributed by atoms with Crippen LogP contribution < -0.4 is 5.32 Å². The van der Waals surface area contributed by atoms with E-state index in [0.29, 0.717) is 6.54 Å². The van der Waals surface area contributed by atoms with Crippen molar-refractivity contribution in [2.75, 3.05) is 38.8 Å². The highest BCUT2D eigenvalue weighted by molar-refractivity contribution is 7.98. The van der Waals surface area contributed by atoms with Gasteiger partial charge in [-0.25, -0.2) is 4.99 Å². The highest BCUT2D eigenvalue weighted by Gasteiger charge is 2.27. The normalized spacial score (nSPS) is 15.4. The van der Waals surface area contributed by atoms with Crippen LogP contribution >= 0.6 is 11.8 Å². The molecule has 28 heavy (non-hydrogen) atoms. The molecule has 0 saturated carbocycles. The number of rotatable bonds is 8. The molecule has 1 saturated heterocycles. The minimum atomic E-state index is -0.406. The van der Waals surface area contributed by atoms with Gasteiger partial charge in [0.15, 0.2) is 5.96 Å². The molecule has 9 heteroatoms. The minimum absolute atomic E-state index is 0.0475. The summed E-state index contributed by atoms with van der Waals surface area (Å²) in [6.45, 7) is 2.76. The number of aliphatic imine (C=N–C) groups is 1. The molecule has 0 atom stereocenters. The Morgan fingerprint density at radius 1 is 1.36 bits per heavy atom. The van der Waals surface area contributed by atoms with Crippen LogP contribution in [0.1, 0.15) is 24.8 Å². The molecule has 0 bridgehead atoms. The molecule has 1 N–H and O–H groups in total. The van der Waals surface area contributed by atoms with Crippen LogP contribution in [0, 0.1) is 16.0 Å². The van der Waals surface area contributed by atoms with Gasteiger partial charge in [0, 0.05) is 31.8 Å². The highest BCUT2D eigenvalue weighted by Crippen LogP contribution is 2.19. The van der Waals surface area contributed by atoms with Gasteiger partial charge in [-0.05, 0) is 36.8 Å². The molecule has 1 aliphatic heterocycles. The number of hydrogen-bond donors (Lipinski definition) is 1. The molecule has 0 spiro atoms. The van der Waals surface area contributed by atoms with E-state index in [2.05, 4.69) is 16.5 Å². The Balaban J connectivity index is 2.00. The van der Waals surface area contributed by atoms with E-state index in [1.807, 2.05) is 11.8 Å². The third-order valence-corrected chi connectivity index (χ3v) is 5.39.